The highest BCUT2D eigenvalue weighted by Crippen LogP contribution is 2.12. The van der Waals surface area contributed by atoms with Crippen LogP contribution in [0.5, 0.6) is 0 Å². The first-order valence-electron chi connectivity index (χ1n) is 6.94. The zero-order chi connectivity index (χ0) is 13.3. The smallest absolute Gasteiger partial charge is 0.0630 e. The summed E-state index contributed by atoms with van der Waals surface area (Å²) in [6.07, 6.45) is 2.43. The highest BCUT2D eigenvalue weighted by atomic mass is 16.5. The maximum atomic E-state index is 5.33. The number of likely N-dealkylation sites (N-methyl/N-ethyl adjacent to an activating group) is 1. The Kier molecular flexibility index (Phi) is 9.79. The molecular formula is C14H32N2O. The summed E-state index contributed by atoms with van der Waals surface area (Å²) >= 11 is 0. The van der Waals surface area contributed by atoms with E-state index in [-0.39, 0.29) is 0 Å². The summed E-state index contributed by atoms with van der Waals surface area (Å²) in [7, 11) is 4.00. The molecule has 0 heterocycles. The molecule has 0 fully saturated rings. The Balaban J connectivity index is 4.15. The summed E-state index contributed by atoms with van der Waals surface area (Å²) in [6, 6.07) is 1.08. The molecule has 104 valence electrons. The molecule has 17 heavy (non-hydrogen) atoms. The maximum absolute atomic E-state index is 5.33. The lowest BCUT2D eigenvalue weighted by atomic mass is 10.0. The molecule has 3 nitrogen and oxygen atoms in total. The Hall–Kier alpha value is -0.120. The number of nitrogens with zero attached hydrogens (tertiary/aromatic N) is 1. The van der Waals surface area contributed by atoms with Crippen LogP contribution in [0.1, 0.15) is 40.5 Å². The van der Waals surface area contributed by atoms with E-state index in [1.807, 2.05) is 0 Å². The van der Waals surface area contributed by atoms with Gasteiger partial charge in [0.15, 0.2) is 0 Å². The lowest BCUT2D eigenvalue weighted by molar-refractivity contribution is 0.0777. The third kappa shape index (κ3) is 7.74. The fraction of sp³-hybridized carbons (Fsp3) is 1.00. The first-order chi connectivity index (χ1) is 8.02. The number of ether oxygens (including phenoxy) is 1. The van der Waals surface area contributed by atoms with Crippen molar-refractivity contribution in [2.24, 2.45) is 5.92 Å². The van der Waals surface area contributed by atoms with E-state index in [1.165, 1.54) is 12.8 Å². The van der Waals surface area contributed by atoms with Crippen molar-refractivity contribution in [2.75, 3.05) is 33.9 Å². The largest absolute Gasteiger partial charge is 0.383 e. The Morgan fingerprint density at radius 2 is 1.88 bits per heavy atom. The minimum atomic E-state index is 0.473. The lowest BCUT2D eigenvalue weighted by Gasteiger charge is -2.34. The second-order valence-electron chi connectivity index (χ2n) is 5.46. The molecule has 0 radical (unpaired) electrons. The summed E-state index contributed by atoms with van der Waals surface area (Å²) in [4.78, 5) is 2.45. The van der Waals surface area contributed by atoms with Crippen molar-refractivity contribution in [1.29, 1.82) is 0 Å². The van der Waals surface area contributed by atoms with Crippen LogP contribution in [0.15, 0.2) is 0 Å². The van der Waals surface area contributed by atoms with Gasteiger partial charge in [0, 0.05) is 25.7 Å². The second-order valence-corrected chi connectivity index (χ2v) is 5.46. The highest BCUT2D eigenvalue weighted by molar-refractivity contribution is 4.76. The van der Waals surface area contributed by atoms with Gasteiger partial charge in [-0.2, -0.15) is 0 Å². The van der Waals surface area contributed by atoms with Crippen molar-refractivity contribution in [3.63, 3.8) is 0 Å². The van der Waals surface area contributed by atoms with Gasteiger partial charge >= 0.3 is 0 Å². The zero-order valence-electron chi connectivity index (χ0n) is 12.6. The molecule has 3 heteroatoms. The summed E-state index contributed by atoms with van der Waals surface area (Å²) < 4.78 is 5.33. The van der Waals surface area contributed by atoms with Crippen LogP contribution in [-0.2, 0) is 4.74 Å². The van der Waals surface area contributed by atoms with Crippen molar-refractivity contribution < 1.29 is 4.74 Å². The van der Waals surface area contributed by atoms with Crippen molar-refractivity contribution >= 4 is 0 Å². The molecular weight excluding hydrogens is 212 g/mol. The van der Waals surface area contributed by atoms with Crippen LogP contribution < -0.4 is 5.32 Å². The molecule has 0 aromatic rings. The summed E-state index contributed by atoms with van der Waals surface area (Å²) in [5.41, 5.74) is 0. The zero-order valence-corrected chi connectivity index (χ0v) is 12.6. The van der Waals surface area contributed by atoms with E-state index in [9.17, 15) is 0 Å². The van der Waals surface area contributed by atoms with E-state index in [1.54, 1.807) is 7.11 Å². The minimum Gasteiger partial charge on any atom is -0.383 e. The van der Waals surface area contributed by atoms with Crippen LogP contribution in [0.3, 0.4) is 0 Å². The molecule has 0 rings (SSSR count). The number of hydrogen-bond acceptors (Lipinski definition) is 3. The van der Waals surface area contributed by atoms with Gasteiger partial charge in [0.2, 0.25) is 0 Å². The standard InChI is InChI=1S/C14H32N2O/c1-7-8-15-10-14(11-17-6)16(5)13(4)9-12(2)3/h12-15H,7-11H2,1-6H3. The molecule has 0 aliphatic carbocycles. The molecule has 0 amide bonds. The summed E-state index contributed by atoms with van der Waals surface area (Å²) in [6.45, 7) is 12.0. The average molecular weight is 244 g/mol. The predicted octanol–water partition coefficient (Wildman–Crippen LogP) is 2.37. The Morgan fingerprint density at radius 3 is 2.35 bits per heavy atom. The third-order valence-corrected chi connectivity index (χ3v) is 3.25. The lowest BCUT2D eigenvalue weighted by Crippen LogP contribution is -2.47. The van der Waals surface area contributed by atoms with Gasteiger partial charge in [0.25, 0.3) is 0 Å². The molecule has 0 saturated carbocycles. The Bertz CT molecular complexity index is 174. The number of methoxy groups -OCH3 is 1. The van der Waals surface area contributed by atoms with Gasteiger partial charge < -0.3 is 10.1 Å². The monoisotopic (exact) mass is 244 g/mol. The molecule has 0 aliphatic heterocycles. The van der Waals surface area contributed by atoms with Crippen LogP contribution in [0.2, 0.25) is 0 Å². The highest BCUT2D eigenvalue weighted by Gasteiger charge is 2.19. The van der Waals surface area contributed by atoms with Crippen LogP contribution >= 0.6 is 0 Å². The molecule has 0 bridgehead atoms. The van der Waals surface area contributed by atoms with Crippen molar-refractivity contribution in [2.45, 2.75) is 52.6 Å². The van der Waals surface area contributed by atoms with E-state index in [0.717, 1.165) is 25.6 Å². The predicted molar refractivity (Wildman–Crippen MR) is 75.5 cm³/mol. The molecule has 0 aromatic heterocycles. The number of hydrogen-bond donors (Lipinski definition) is 1. The van der Waals surface area contributed by atoms with E-state index < -0.39 is 0 Å². The third-order valence-electron chi connectivity index (χ3n) is 3.25. The van der Waals surface area contributed by atoms with E-state index >= 15 is 0 Å². The van der Waals surface area contributed by atoms with Crippen LogP contribution in [0.25, 0.3) is 0 Å². The topological polar surface area (TPSA) is 24.5 Å². The Morgan fingerprint density at radius 1 is 1.24 bits per heavy atom. The second kappa shape index (κ2) is 9.86. The van der Waals surface area contributed by atoms with Gasteiger partial charge in [-0.3, -0.25) is 4.90 Å². The van der Waals surface area contributed by atoms with Gasteiger partial charge in [0.05, 0.1) is 6.61 Å². The molecule has 0 aliphatic rings. The normalized spacial score (nSPS) is 15.5. The minimum absolute atomic E-state index is 0.473. The molecule has 0 saturated heterocycles. The van der Waals surface area contributed by atoms with E-state index in [2.05, 4.69) is 45.0 Å². The summed E-state index contributed by atoms with van der Waals surface area (Å²) in [5, 5.41) is 3.49. The maximum Gasteiger partial charge on any atom is 0.0630 e. The number of rotatable bonds is 10. The van der Waals surface area contributed by atoms with Crippen molar-refractivity contribution in [3.05, 3.63) is 0 Å². The van der Waals surface area contributed by atoms with Gasteiger partial charge in [-0.15, -0.1) is 0 Å². The van der Waals surface area contributed by atoms with Crippen LogP contribution in [0.4, 0.5) is 0 Å². The van der Waals surface area contributed by atoms with Crippen LogP contribution in [0, 0.1) is 5.92 Å². The molecule has 2 unspecified atom stereocenters. The average Bonchev–Trinajstić information content (AvgIpc) is 2.26. The van der Waals surface area contributed by atoms with E-state index in [4.69, 9.17) is 4.74 Å². The van der Waals surface area contributed by atoms with Crippen molar-refractivity contribution in [1.82, 2.24) is 10.2 Å². The molecule has 0 aromatic carbocycles. The SMILES string of the molecule is CCCNCC(COC)N(C)C(C)CC(C)C. The van der Waals surface area contributed by atoms with Gasteiger partial charge in [-0.1, -0.05) is 20.8 Å². The van der Waals surface area contributed by atoms with Crippen LogP contribution in [-0.4, -0.2) is 50.8 Å². The van der Waals surface area contributed by atoms with E-state index in [0.29, 0.717) is 12.1 Å². The first-order valence-corrected chi connectivity index (χ1v) is 6.94. The van der Waals surface area contributed by atoms with Gasteiger partial charge in [-0.25, -0.2) is 0 Å². The first kappa shape index (κ1) is 16.9. The molecule has 2 atom stereocenters. The molecule has 0 spiro atoms. The number of nitrogens with one attached hydrogen (secondary N) is 1. The fourth-order valence-electron chi connectivity index (χ4n) is 2.17. The fourth-order valence-corrected chi connectivity index (χ4v) is 2.17. The van der Waals surface area contributed by atoms with Crippen molar-refractivity contribution in [3.8, 4) is 0 Å². The van der Waals surface area contributed by atoms with Gasteiger partial charge in [0.1, 0.15) is 0 Å². The summed E-state index contributed by atoms with van der Waals surface area (Å²) in [5.74, 6) is 0.749. The Labute approximate surface area is 108 Å². The van der Waals surface area contributed by atoms with Gasteiger partial charge in [-0.05, 0) is 39.3 Å². The quantitative estimate of drug-likeness (QED) is 0.597. The molecule has 1 N–H and O–H groups in total.